The highest BCUT2D eigenvalue weighted by atomic mass is 19.4. The van der Waals surface area contributed by atoms with Gasteiger partial charge in [-0.25, -0.2) is 4.68 Å². The van der Waals surface area contributed by atoms with Crippen LogP contribution in [0, 0.1) is 13.8 Å². The molecular formula is C19H23F3N6O2. The molecule has 162 valence electrons. The van der Waals surface area contributed by atoms with Gasteiger partial charge in [-0.15, -0.1) is 10.2 Å². The van der Waals surface area contributed by atoms with E-state index in [1.807, 2.05) is 33.8 Å². The lowest BCUT2D eigenvalue weighted by atomic mass is 10.0. The zero-order valence-electron chi connectivity index (χ0n) is 17.3. The van der Waals surface area contributed by atoms with Gasteiger partial charge in [0.2, 0.25) is 5.82 Å². The molecule has 1 aromatic carbocycles. The Kier molecular flexibility index (Phi) is 5.73. The summed E-state index contributed by atoms with van der Waals surface area (Å²) in [6.45, 7) is 9.58. The molecule has 2 heterocycles. The minimum absolute atomic E-state index is 0.108. The number of nitrogen functional groups attached to an aromatic ring is 1. The zero-order chi connectivity index (χ0) is 22.2. The van der Waals surface area contributed by atoms with Crippen molar-refractivity contribution in [3.63, 3.8) is 0 Å². The van der Waals surface area contributed by atoms with Crippen molar-refractivity contribution in [1.29, 1.82) is 0 Å². The lowest BCUT2D eigenvalue weighted by molar-refractivity contribution is -0.159. The van der Waals surface area contributed by atoms with Crippen LogP contribution in [0.5, 0.6) is 5.75 Å². The van der Waals surface area contributed by atoms with Crippen LogP contribution in [0.3, 0.4) is 0 Å². The molecule has 11 heteroatoms. The molecule has 0 saturated carbocycles. The molecule has 0 saturated heterocycles. The van der Waals surface area contributed by atoms with Crippen molar-refractivity contribution in [2.24, 2.45) is 0 Å². The Bertz CT molecular complexity index is 1040. The van der Waals surface area contributed by atoms with Gasteiger partial charge in [-0.05, 0) is 31.0 Å². The number of benzene rings is 1. The fourth-order valence-corrected chi connectivity index (χ4v) is 3.09. The number of rotatable bonds is 6. The van der Waals surface area contributed by atoms with E-state index in [2.05, 4.69) is 24.9 Å². The van der Waals surface area contributed by atoms with Gasteiger partial charge in [0, 0.05) is 5.92 Å². The summed E-state index contributed by atoms with van der Waals surface area (Å²) in [6, 6.07) is 3.51. The number of aromatic nitrogens is 5. The molecule has 0 amide bonds. The van der Waals surface area contributed by atoms with Gasteiger partial charge in [0.1, 0.15) is 5.75 Å². The van der Waals surface area contributed by atoms with Crippen LogP contribution in [-0.2, 0) is 6.18 Å². The van der Waals surface area contributed by atoms with Gasteiger partial charge in [-0.3, -0.25) is 0 Å². The summed E-state index contributed by atoms with van der Waals surface area (Å²) in [5.41, 5.74) is 1.87. The molecule has 2 N–H and O–H groups in total. The summed E-state index contributed by atoms with van der Waals surface area (Å²) in [4.78, 5) is 3.49. The molecule has 3 rings (SSSR count). The van der Waals surface area contributed by atoms with Crippen LogP contribution in [0.4, 0.5) is 13.2 Å². The van der Waals surface area contributed by atoms with Crippen LogP contribution in [0.15, 0.2) is 16.7 Å². The van der Waals surface area contributed by atoms with Gasteiger partial charge in [0.15, 0.2) is 11.6 Å². The number of hydrogen-bond donors (Lipinski definition) is 1. The lowest BCUT2D eigenvalue weighted by Gasteiger charge is -2.17. The minimum atomic E-state index is -4.72. The first-order chi connectivity index (χ1) is 14.0. The third-order valence-corrected chi connectivity index (χ3v) is 4.51. The van der Waals surface area contributed by atoms with Crippen molar-refractivity contribution < 1.29 is 22.4 Å². The number of aryl methyl sites for hydroxylation is 2. The summed E-state index contributed by atoms with van der Waals surface area (Å²) in [7, 11) is 0. The first-order valence-corrected chi connectivity index (χ1v) is 9.34. The van der Waals surface area contributed by atoms with Gasteiger partial charge in [-0.2, -0.15) is 18.2 Å². The van der Waals surface area contributed by atoms with Crippen LogP contribution in [-0.4, -0.2) is 31.6 Å². The van der Waals surface area contributed by atoms with Crippen molar-refractivity contribution in [2.45, 2.75) is 52.6 Å². The highest BCUT2D eigenvalue weighted by molar-refractivity contribution is 5.67. The number of hydrogen-bond acceptors (Lipinski definition) is 7. The van der Waals surface area contributed by atoms with Gasteiger partial charge in [-0.1, -0.05) is 32.0 Å². The Labute approximate surface area is 171 Å². The van der Waals surface area contributed by atoms with Crippen molar-refractivity contribution in [3.8, 4) is 17.1 Å². The smallest absolute Gasteiger partial charge is 0.471 e. The maximum absolute atomic E-state index is 12.9. The van der Waals surface area contributed by atoms with E-state index in [1.165, 1.54) is 4.68 Å². The molecule has 0 aliphatic heterocycles. The van der Waals surface area contributed by atoms with E-state index < -0.39 is 12.1 Å². The summed E-state index contributed by atoms with van der Waals surface area (Å²) < 4.78 is 50.4. The minimum Gasteiger partial charge on any atom is -0.492 e. The predicted octanol–water partition coefficient (Wildman–Crippen LogP) is 3.98. The normalized spacial score (nSPS) is 13.1. The van der Waals surface area contributed by atoms with Crippen LogP contribution in [0.1, 0.15) is 61.3 Å². The molecule has 1 unspecified atom stereocenters. The van der Waals surface area contributed by atoms with Crippen LogP contribution in [0.25, 0.3) is 11.4 Å². The zero-order valence-corrected chi connectivity index (χ0v) is 17.3. The van der Waals surface area contributed by atoms with Crippen molar-refractivity contribution >= 4 is 0 Å². The lowest BCUT2D eigenvalue weighted by Crippen LogP contribution is -2.21. The Hall–Kier alpha value is -3.11. The van der Waals surface area contributed by atoms with Gasteiger partial charge in [0.25, 0.3) is 0 Å². The van der Waals surface area contributed by atoms with Crippen molar-refractivity contribution in [3.05, 3.63) is 40.8 Å². The maximum atomic E-state index is 12.9. The van der Waals surface area contributed by atoms with E-state index in [0.717, 1.165) is 11.1 Å². The Balaban J connectivity index is 1.89. The van der Waals surface area contributed by atoms with Gasteiger partial charge < -0.3 is 15.1 Å². The fraction of sp³-hybridized carbons (Fsp3) is 0.474. The molecule has 0 aliphatic rings. The SMILES string of the molecule is Cc1cc(C)c(OCC(C)c2nnc(C(C)C)n2N)c(-c2noc(C(F)(F)F)n2)c1. The fourth-order valence-electron chi connectivity index (χ4n) is 3.09. The third kappa shape index (κ3) is 4.24. The monoisotopic (exact) mass is 424 g/mol. The number of alkyl halides is 3. The summed E-state index contributed by atoms with van der Waals surface area (Å²) in [5.74, 6) is 5.93. The maximum Gasteiger partial charge on any atom is 0.471 e. The highest BCUT2D eigenvalue weighted by Crippen LogP contribution is 2.36. The van der Waals surface area contributed by atoms with E-state index in [4.69, 9.17) is 10.6 Å². The largest absolute Gasteiger partial charge is 0.492 e. The van der Waals surface area contributed by atoms with E-state index in [0.29, 0.717) is 23.0 Å². The Morgan fingerprint density at radius 3 is 2.37 bits per heavy atom. The van der Waals surface area contributed by atoms with E-state index >= 15 is 0 Å². The molecular weight excluding hydrogens is 401 g/mol. The average Bonchev–Trinajstić information content (AvgIpc) is 3.26. The molecule has 0 radical (unpaired) electrons. The number of ether oxygens (including phenoxy) is 1. The van der Waals surface area contributed by atoms with Crippen LogP contribution >= 0.6 is 0 Å². The molecule has 0 spiro atoms. The molecule has 2 aromatic heterocycles. The average molecular weight is 424 g/mol. The molecule has 8 nitrogen and oxygen atoms in total. The van der Waals surface area contributed by atoms with Crippen LogP contribution < -0.4 is 10.6 Å². The van der Waals surface area contributed by atoms with E-state index in [1.54, 1.807) is 13.0 Å². The number of nitrogens with zero attached hydrogens (tertiary/aromatic N) is 5. The number of halogens is 3. The molecule has 1 atom stereocenters. The summed E-state index contributed by atoms with van der Waals surface area (Å²) in [5, 5.41) is 11.7. The molecule has 30 heavy (non-hydrogen) atoms. The second kappa shape index (κ2) is 7.96. The second-order valence-corrected chi connectivity index (χ2v) is 7.53. The Morgan fingerprint density at radius 1 is 1.13 bits per heavy atom. The van der Waals surface area contributed by atoms with Crippen molar-refractivity contribution in [1.82, 2.24) is 25.0 Å². The molecule has 0 aliphatic carbocycles. The van der Waals surface area contributed by atoms with E-state index in [9.17, 15) is 13.2 Å². The first-order valence-electron chi connectivity index (χ1n) is 9.34. The van der Waals surface area contributed by atoms with Crippen molar-refractivity contribution in [2.75, 3.05) is 12.4 Å². The summed E-state index contributed by atoms with van der Waals surface area (Å²) >= 11 is 0. The Morgan fingerprint density at radius 2 is 1.80 bits per heavy atom. The summed E-state index contributed by atoms with van der Waals surface area (Å²) in [6.07, 6.45) is -4.72. The standard InChI is InChI=1S/C19H23F3N6O2/c1-9(2)16-25-26-17(28(16)23)12(5)8-29-14-11(4)6-10(3)7-13(14)15-24-18(30-27-15)19(20,21)22/h6-7,9,12H,8,23H2,1-5H3. The van der Waals surface area contributed by atoms with Gasteiger partial charge in [0.05, 0.1) is 18.1 Å². The third-order valence-electron chi connectivity index (χ3n) is 4.51. The van der Waals surface area contributed by atoms with Crippen LogP contribution in [0.2, 0.25) is 0 Å². The predicted molar refractivity (Wildman–Crippen MR) is 102 cm³/mol. The second-order valence-electron chi connectivity index (χ2n) is 7.53. The first kappa shape index (κ1) is 21.6. The van der Waals surface area contributed by atoms with E-state index in [-0.39, 0.29) is 24.3 Å². The van der Waals surface area contributed by atoms with Gasteiger partial charge >= 0.3 is 12.1 Å². The molecule has 3 aromatic rings. The topological polar surface area (TPSA) is 105 Å². The molecule has 0 bridgehead atoms. The highest BCUT2D eigenvalue weighted by Gasteiger charge is 2.39. The number of nitrogens with two attached hydrogens (primary N) is 1. The molecule has 0 fully saturated rings. The quantitative estimate of drug-likeness (QED) is 0.597.